The van der Waals surface area contributed by atoms with Gasteiger partial charge in [-0.25, -0.2) is 8.78 Å². The molecular weight excluding hydrogens is 488 g/mol. The maximum Gasteiger partial charge on any atom is 0.241 e. The van der Waals surface area contributed by atoms with Crippen LogP contribution >= 0.6 is 0 Å². The smallest absolute Gasteiger partial charge is 0.241 e. The number of piperazine rings is 1. The number of anilines is 1. The predicted molar refractivity (Wildman–Crippen MR) is 142 cm³/mol. The summed E-state index contributed by atoms with van der Waals surface area (Å²) < 4.78 is 27.6. The first-order valence-corrected chi connectivity index (χ1v) is 13.5. The Morgan fingerprint density at radius 1 is 1.18 bits per heavy atom. The second kappa shape index (κ2) is 10.3. The zero-order valence-corrected chi connectivity index (χ0v) is 22.6. The van der Waals surface area contributed by atoms with Crippen LogP contribution in [0, 0.1) is 17.6 Å². The molecular formula is C29H37F2N5O2. The molecule has 1 N–H and O–H groups in total. The van der Waals surface area contributed by atoms with Crippen LogP contribution in [0.5, 0.6) is 0 Å². The molecule has 1 aromatic heterocycles. The number of nitrogens with zero attached hydrogens (tertiary/aromatic N) is 4. The van der Waals surface area contributed by atoms with Gasteiger partial charge in [-0.1, -0.05) is 26.8 Å². The fourth-order valence-corrected chi connectivity index (χ4v) is 6.04. The number of nitrogens with one attached hydrogen (secondary N) is 1. The van der Waals surface area contributed by atoms with Gasteiger partial charge in [0.1, 0.15) is 11.6 Å². The molecule has 38 heavy (non-hydrogen) atoms. The van der Waals surface area contributed by atoms with Crippen molar-refractivity contribution < 1.29 is 18.4 Å². The number of rotatable bonds is 6. The number of pyridine rings is 1. The predicted octanol–water partition coefficient (Wildman–Crippen LogP) is 3.11. The van der Waals surface area contributed by atoms with Crippen molar-refractivity contribution in [3.05, 3.63) is 58.9 Å². The number of carbonyl (C=O) groups is 2. The van der Waals surface area contributed by atoms with Crippen LogP contribution < -0.4 is 10.2 Å². The minimum atomic E-state index is -0.615. The summed E-state index contributed by atoms with van der Waals surface area (Å²) in [6, 6.07) is 5.73. The summed E-state index contributed by atoms with van der Waals surface area (Å²) in [5, 5.41) is 3.51. The second-order valence-electron chi connectivity index (χ2n) is 12.0. The third-order valence-electron chi connectivity index (χ3n) is 8.10. The molecule has 0 aliphatic carbocycles. The maximum atomic E-state index is 14.3. The number of likely N-dealkylation sites (tertiary alicyclic amines) is 1. The van der Waals surface area contributed by atoms with Crippen molar-refractivity contribution in [2.45, 2.75) is 58.0 Å². The summed E-state index contributed by atoms with van der Waals surface area (Å²) in [7, 11) is 0. The van der Waals surface area contributed by atoms with Crippen LogP contribution in [-0.4, -0.2) is 78.0 Å². The summed E-state index contributed by atoms with van der Waals surface area (Å²) in [5.74, 6) is -0.666. The maximum absolute atomic E-state index is 14.3. The SMILES string of the molecule is C[C@H]1CC(=O)N(C[C@H]2CN[C@H](C)CN2CC(=O)N2CC(C)(C)c3cnc(Cc4ccc(F)cc4F)cc32)C1. The first-order chi connectivity index (χ1) is 18.0. The van der Waals surface area contributed by atoms with Crippen LogP contribution in [0.2, 0.25) is 0 Å². The van der Waals surface area contributed by atoms with E-state index in [4.69, 9.17) is 0 Å². The molecule has 0 bridgehead atoms. The lowest BCUT2D eigenvalue weighted by Gasteiger charge is -2.41. The number of halogens is 2. The fourth-order valence-electron chi connectivity index (χ4n) is 6.04. The van der Waals surface area contributed by atoms with Crippen LogP contribution in [0.1, 0.15) is 50.9 Å². The third-order valence-corrected chi connectivity index (χ3v) is 8.10. The topological polar surface area (TPSA) is 68.8 Å². The van der Waals surface area contributed by atoms with Gasteiger partial charge in [-0.3, -0.25) is 19.5 Å². The number of hydrogen-bond acceptors (Lipinski definition) is 5. The standard InChI is InChI=1S/C29H37F2N5O2/c1-18-7-27(37)35(13-18)15-23-11-32-19(2)14-34(23)16-28(38)36-17-29(3,4)24-12-33-22(10-26(24)36)8-20-5-6-21(30)9-25(20)31/h5-6,9-10,12,18-19,23,32H,7-8,11,13-17H2,1-4H3/t18-,19+,23+/m0/s1. The van der Waals surface area contributed by atoms with E-state index in [9.17, 15) is 18.4 Å². The Morgan fingerprint density at radius 2 is 1.97 bits per heavy atom. The number of aromatic nitrogens is 1. The molecule has 2 fully saturated rings. The Bertz CT molecular complexity index is 1240. The summed E-state index contributed by atoms with van der Waals surface area (Å²) in [4.78, 5) is 36.8. The van der Waals surface area contributed by atoms with Gasteiger partial charge in [0.25, 0.3) is 0 Å². The molecule has 7 nitrogen and oxygen atoms in total. The molecule has 0 unspecified atom stereocenters. The van der Waals surface area contributed by atoms with E-state index >= 15 is 0 Å². The van der Waals surface area contributed by atoms with E-state index in [2.05, 4.69) is 42.9 Å². The monoisotopic (exact) mass is 525 g/mol. The van der Waals surface area contributed by atoms with Crippen LogP contribution in [0.25, 0.3) is 0 Å². The van der Waals surface area contributed by atoms with Crippen molar-refractivity contribution in [3.8, 4) is 0 Å². The van der Waals surface area contributed by atoms with E-state index in [-0.39, 0.29) is 42.3 Å². The number of carbonyl (C=O) groups excluding carboxylic acids is 2. The van der Waals surface area contributed by atoms with Gasteiger partial charge in [0, 0.05) is 86.6 Å². The van der Waals surface area contributed by atoms with Crippen molar-refractivity contribution in [1.29, 1.82) is 0 Å². The molecule has 3 atom stereocenters. The van der Waals surface area contributed by atoms with E-state index in [1.807, 2.05) is 15.9 Å². The van der Waals surface area contributed by atoms with E-state index in [0.717, 1.165) is 37.0 Å². The van der Waals surface area contributed by atoms with Crippen molar-refractivity contribution in [2.75, 3.05) is 44.2 Å². The van der Waals surface area contributed by atoms with Crippen molar-refractivity contribution in [3.63, 3.8) is 0 Å². The molecule has 204 valence electrons. The van der Waals surface area contributed by atoms with Gasteiger partial charge in [0.05, 0.1) is 12.2 Å². The summed E-state index contributed by atoms with van der Waals surface area (Å²) in [6.07, 6.45) is 2.59. The highest BCUT2D eigenvalue weighted by Gasteiger charge is 2.40. The third kappa shape index (κ3) is 5.45. The normalized spacial score (nSPS) is 25.2. The minimum Gasteiger partial charge on any atom is -0.341 e. The van der Waals surface area contributed by atoms with Gasteiger partial charge in [-0.05, 0) is 30.5 Å². The van der Waals surface area contributed by atoms with Crippen LogP contribution in [-0.2, 0) is 21.4 Å². The highest BCUT2D eigenvalue weighted by molar-refractivity contribution is 5.97. The number of benzene rings is 1. The van der Waals surface area contributed by atoms with Gasteiger partial charge in [-0.15, -0.1) is 0 Å². The Balaban J connectivity index is 1.34. The molecule has 0 saturated carbocycles. The number of amides is 2. The zero-order valence-electron chi connectivity index (χ0n) is 22.6. The zero-order chi connectivity index (χ0) is 27.2. The first-order valence-electron chi connectivity index (χ1n) is 13.5. The molecule has 2 aromatic rings. The van der Waals surface area contributed by atoms with Gasteiger partial charge in [0.15, 0.2) is 0 Å². The number of fused-ring (bicyclic) bond motifs is 1. The summed E-state index contributed by atoms with van der Waals surface area (Å²) in [6.45, 7) is 12.0. The summed E-state index contributed by atoms with van der Waals surface area (Å²) >= 11 is 0. The van der Waals surface area contributed by atoms with Gasteiger partial charge in [0.2, 0.25) is 11.8 Å². The van der Waals surface area contributed by atoms with Crippen molar-refractivity contribution in [1.82, 2.24) is 20.1 Å². The molecule has 0 spiro atoms. The van der Waals surface area contributed by atoms with Gasteiger partial charge in [-0.2, -0.15) is 0 Å². The average molecular weight is 526 g/mol. The van der Waals surface area contributed by atoms with Crippen LogP contribution in [0.3, 0.4) is 0 Å². The summed E-state index contributed by atoms with van der Waals surface area (Å²) in [5.41, 5.74) is 2.50. The molecule has 9 heteroatoms. The number of hydrogen-bond donors (Lipinski definition) is 1. The quantitative estimate of drug-likeness (QED) is 0.628. The molecule has 5 rings (SSSR count). The van der Waals surface area contributed by atoms with Crippen molar-refractivity contribution >= 4 is 17.5 Å². The second-order valence-corrected chi connectivity index (χ2v) is 12.0. The molecule has 2 amide bonds. The highest BCUT2D eigenvalue weighted by Crippen LogP contribution is 2.40. The highest BCUT2D eigenvalue weighted by atomic mass is 19.1. The molecule has 0 radical (unpaired) electrons. The van der Waals surface area contributed by atoms with E-state index in [1.54, 1.807) is 6.20 Å². The molecule has 3 aliphatic heterocycles. The Labute approximate surface area is 223 Å². The Morgan fingerprint density at radius 3 is 2.68 bits per heavy atom. The lowest BCUT2D eigenvalue weighted by Crippen LogP contribution is -2.61. The molecule has 1 aromatic carbocycles. The van der Waals surface area contributed by atoms with E-state index in [1.165, 1.54) is 12.1 Å². The largest absolute Gasteiger partial charge is 0.341 e. The van der Waals surface area contributed by atoms with E-state index in [0.29, 0.717) is 36.7 Å². The van der Waals surface area contributed by atoms with Crippen LogP contribution in [0.15, 0.2) is 30.5 Å². The first kappa shape index (κ1) is 26.7. The lowest BCUT2D eigenvalue weighted by molar-refractivity contribution is -0.128. The van der Waals surface area contributed by atoms with Crippen LogP contribution in [0.4, 0.5) is 14.5 Å². The van der Waals surface area contributed by atoms with Gasteiger partial charge >= 0.3 is 0 Å². The average Bonchev–Trinajstić information content (AvgIpc) is 3.31. The molecule has 3 aliphatic rings. The van der Waals surface area contributed by atoms with Gasteiger partial charge < -0.3 is 15.1 Å². The Kier molecular flexibility index (Phi) is 7.26. The molecule has 2 saturated heterocycles. The van der Waals surface area contributed by atoms with E-state index < -0.39 is 11.6 Å². The lowest BCUT2D eigenvalue weighted by atomic mass is 9.88. The fraction of sp³-hybridized carbons (Fsp3) is 0.552. The molecule has 4 heterocycles. The van der Waals surface area contributed by atoms with Crippen molar-refractivity contribution in [2.24, 2.45) is 5.92 Å². The Hall–Kier alpha value is -2.91. The minimum absolute atomic E-state index is 0.00199.